The van der Waals surface area contributed by atoms with Crippen molar-refractivity contribution in [3.63, 3.8) is 0 Å². The van der Waals surface area contributed by atoms with E-state index in [2.05, 4.69) is 50.6 Å². The number of anilines is 1. The fourth-order valence-electron chi connectivity index (χ4n) is 4.62. The first kappa shape index (κ1) is 20.8. The van der Waals surface area contributed by atoms with Crippen LogP contribution in [0.15, 0.2) is 53.2 Å². The number of carbonyl (C=O) groups is 1. The topological polar surface area (TPSA) is 106 Å². The van der Waals surface area contributed by atoms with Crippen molar-refractivity contribution in [2.45, 2.75) is 31.6 Å². The summed E-state index contributed by atoms with van der Waals surface area (Å²) in [6.45, 7) is 0.665. The van der Waals surface area contributed by atoms with Crippen molar-refractivity contribution in [3.05, 3.63) is 70.0 Å². The van der Waals surface area contributed by atoms with Gasteiger partial charge in [0.05, 0.1) is 22.3 Å². The number of halogens is 1. The molecule has 0 radical (unpaired) electrons. The third-order valence-electron chi connectivity index (χ3n) is 6.46. The Balaban J connectivity index is 1.49. The average Bonchev–Trinajstić information content (AvgIpc) is 3.26. The van der Waals surface area contributed by atoms with E-state index in [9.17, 15) is 9.90 Å². The minimum Gasteiger partial charge on any atom is -0.481 e. The van der Waals surface area contributed by atoms with Gasteiger partial charge in [-0.25, -0.2) is 4.98 Å². The van der Waals surface area contributed by atoms with Crippen LogP contribution in [0.1, 0.15) is 48.4 Å². The number of carboxylic acid groups (broad SMARTS) is 1. The SMILES string of the molecule is Nc1c(Br)c(C2CCC(C(=O)O)CC2)nc2c(C3=CC=C(c4ccccc4)NC3)cnn12. The van der Waals surface area contributed by atoms with Gasteiger partial charge in [-0.1, -0.05) is 36.4 Å². The smallest absolute Gasteiger partial charge is 0.306 e. The Kier molecular flexibility index (Phi) is 5.46. The van der Waals surface area contributed by atoms with Crippen LogP contribution in [-0.2, 0) is 4.79 Å². The molecular weight excluding hydrogens is 470 g/mol. The van der Waals surface area contributed by atoms with Crippen LogP contribution in [0.4, 0.5) is 5.82 Å². The first-order valence-corrected chi connectivity index (χ1v) is 11.6. The monoisotopic (exact) mass is 493 g/mol. The lowest BCUT2D eigenvalue weighted by Gasteiger charge is -2.26. The quantitative estimate of drug-likeness (QED) is 0.495. The molecular formula is C24H24BrN5O2. The van der Waals surface area contributed by atoms with Crippen LogP contribution in [0, 0.1) is 5.92 Å². The van der Waals surface area contributed by atoms with Crippen molar-refractivity contribution in [2.75, 3.05) is 12.3 Å². The van der Waals surface area contributed by atoms with Gasteiger partial charge in [0.25, 0.3) is 0 Å². The minimum atomic E-state index is -0.705. The molecule has 8 heteroatoms. The number of nitrogen functional groups attached to an aromatic ring is 1. The third kappa shape index (κ3) is 3.68. The van der Waals surface area contributed by atoms with Crippen LogP contribution in [0.25, 0.3) is 16.9 Å². The van der Waals surface area contributed by atoms with Gasteiger partial charge in [0, 0.05) is 23.7 Å². The molecule has 2 aromatic heterocycles. The summed E-state index contributed by atoms with van der Waals surface area (Å²) in [5.41, 5.74) is 12.3. The van der Waals surface area contributed by atoms with Crippen molar-refractivity contribution >= 4 is 44.6 Å². The van der Waals surface area contributed by atoms with E-state index in [1.54, 1.807) is 4.52 Å². The second-order valence-corrected chi connectivity index (χ2v) is 9.16. The molecule has 0 bridgehead atoms. The summed E-state index contributed by atoms with van der Waals surface area (Å²) in [7, 11) is 0. The summed E-state index contributed by atoms with van der Waals surface area (Å²) in [5, 5.41) is 17.3. The van der Waals surface area contributed by atoms with Gasteiger partial charge < -0.3 is 16.2 Å². The number of fused-ring (bicyclic) bond motifs is 1. The first-order chi connectivity index (χ1) is 15.5. The summed E-state index contributed by atoms with van der Waals surface area (Å²) in [5.74, 6) is -0.275. The maximum atomic E-state index is 11.3. The summed E-state index contributed by atoms with van der Waals surface area (Å²) < 4.78 is 2.42. The number of carboxylic acids is 1. The number of dihydropyridines is 1. The zero-order valence-electron chi connectivity index (χ0n) is 17.5. The van der Waals surface area contributed by atoms with Crippen LogP contribution in [0.2, 0.25) is 0 Å². The molecule has 5 rings (SSSR count). The van der Waals surface area contributed by atoms with E-state index in [0.29, 0.717) is 25.2 Å². The molecule has 32 heavy (non-hydrogen) atoms. The number of aromatic nitrogens is 3. The molecule has 0 spiro atoms. The molecule has 1 aliphatic heterocycles. The number of nitrogens with one attached hydrogen (secondary N) is 1. The number of hydrogen-bond acceptors (Lipinski definition) is 5. The van der Waals surface area contributed by atoms with Gasteiger partial charge in [-0.15, -0.1) is 0 Å². The predicted molar refractivity (Wildman–Crippen MR) is 128 cm³/mol. The van der Waals surface area contributed by atoms with Crippen LogP contribution < -0.4 is 11.1 Å². The predicted octanol–water partition coefficient (Wildman–Crippen LogP) is 4.46. The standard InChI is InChI=1S/C24H24BrN5O2/c25-20-21(15-6-8-16(9-7-15)24(31)32)29-23-18(13-28-30(23)22(20)26)17-10-11-19(27-12-17)14-4-2-1-3-5-14/h1-5,10-11,13,15-16,27H,6-9,12,26H2,(H,31,32). The first-order valence-electron chi connectivity index (χ1n) is 10.8. The number of nitrogens with two attached hydrogens (primary N) is 1. The molecule has 0 saturated heterocycles. The molecule has 1 aliphatic carbocycles. The highest BCUT2D eigenvalue weighted by molar-refractivity contribution is 9.10. The number of hydrogen-bond donors (Lipinski definition) is 3. The van der Waals surface area contributed by atoms with Gasteiger partial charge in [-0.3, -0.25) is 4.79 Å². The van der Waals surface area contributed by atoms with E-state index in [4.69, 9.17) is 10.7 Å². The Bertz CT molecular complexity index is 1240. The van der Waals surface area contributed by atoms with E-state index in [-0.39, 0.29) is 11.8 Å². The minimum absolute atomic E-state index is 0.179. The van der Waals surface area contributed by atoms with E-state index >= 15 is 0 Å². The van der Waals surface area contributed by atoms with Crippen LogP contribution in [0.5, 0.6) is 0 Å². The molecule has 2 aliphatic rings. The zero-order valence-corrected chi connectivity index (χ0v) is 19.0. The summed E-state index contributed by atoms with van der Waals surface area (Å²) in [6.07, 6.45) is 8.89. The van der Waals surface area contributed by atoms with Crippen molar-refractivity contribution in [2.24, 2.45) is 5.92 Å². The molecule has 7 nitrogen and oxygen atoms in total. The Morgan fingerprint density at radius 2 is 1.91 bits per heavy atom. The summed E-state index contributed by atoms with van der Waals surface area (Å²) >= 11 is 3.62. The molecule has 0 unspecified atom stereocenters. The van der Waals surface area contributed by atoms with E-state index in [0.717, 1.165) is 51.1 Å². The lowest BCUT2D eigenvalue weighted by Crippen LogP contribution is -2.22. The largest absolute Gasteiger partial charge is 0.481 e. The Hall–Kier alpha value is -3.13. The van der Waals surface area contributed by atoms with Gasteiger partial charge in [0.2, 0.25) is 0 Å². The second kappa shape index (κ2) is 8.43. The maximum Gasteiger partial charge on any atom is 0.306 e. The zero-order chi connectivity index (χ0) is 22.2. The highest BCUT2D eigenvalue weighted by Crippen LogP contribution is 2.40. The molecule has 164 valence electrons. The molecule has 1 fully saturated rings. The van der Waals surface area contributed by atoms with Gasteiger partial charge in [0.15, 0.2) is 5.65 Å². The lowest BCUT2D eigenvalue weighted by molar-refractivity contribution is -0.142. The van der Waals surface area contributed by atoms with Gasteiger partial charge >= 0.3 is 5.97 Å². The van der Waals surface area contributed by atoms with E-state index < -0.39 is 5.97 Å². The molecule has 4 N–H and O–H groups in total. The van der Waals surface area contributed by atoms with E-state index in [1.165, 1.54) is 0 Å². The number of nitrogens with zero attached hydrogens (tertiary/aromatic N) is 3. The second-order valence-electron chi connectivity index (χ2n) is 8.37. The fraction of sp³-hybridized carbons (Fsp3) is 0.292. The van der Waals surface area contributed by atoms with Crippen LogP contribution in [0.3, 0.4) is 0 Å². The fourth-order valence-corrected chi connectivity index (χ4v) is 5.20. The van der Waals surface area contributed by atoms with Crippen molar-refractivity contribution < 1.29 is 9.90 Å². The highest BCUT2D eigenvalue weighted by Gasteiger charge is 2.30. The third-order valence-corrected chi connectivity index (χ3v) is 7.27. The number of rotatable bonds is 4. The Labute approximate surface area is 194 Å². The normalized spacial score (nSPS) is 21.0. The van der Waals surface area contributed by atoms with Crippen LogP contribution in [-0.4, -0.2) is 32.2 Å². The Morgan fingerprint density at radius 3 is 2.56 bits per heavy atom. The molecule has 0 amide bonds. The van der Waals surface area contributed by atoms with Gasteiger partial charge in [-0.05, 0) is 58.8 Å². The number of benzene rings is 1. The Morgan fingerprint density at radius 1 is 1.16 bits per heavy atom. The number of allylic oxidation sites excluding steroid dienone is 2. The van der Waals surface area contributed by atoms with Crippen LogP contribution >= 0.6 is 15.9 Å². The highest BCUT2D eigenvalue weighted by atomic mass is 79.9. The molecule has 1 aromatic carbocycles. The van der Waals surface area contributed by atoms with Crippen molar-refractivity contribution in [1.29, 1.82) is 0 Å². The molecule has 3 aromatic rings. The maximum absolute atomic E-state index is 11.3. The lowest BCUT2D eigenvalue weighted by atomic mass is 9.80. The number of aliphatic carboxylic acids is 1. The van der Waals surface area contributed by atoms with Crippen molar-refractivity contribution in [1.82, 2.24) is 19.9 Å². The molecule has 1 saturated carbocycles. The molecule has 0 atom stereocenters. The van der Waals surface area contributed by atoms with Gasteiger partial charge in [0.1, 0.15) is 5.82 Å². The van der Waals surface area contributed by atoms with Crippen molar-refractivity contribution in [3.8, 4) is 0 Å². The summed E-state index contributed by atoms with van der Waals surface area (Å²) in [6, 6.07) is 10.2. The van der Waals surface area contributed by atoms with Gasteiger partial charge in [-0.2, -0.15) is 9.61 Å². The summed E-state index contributed by atoms with van der Waals surface area (Å²) in [4.78, 5) is 16.3. The average molecular weight is 494 g/mol. The molecule has 3 heterocycles. The van der Waals surface area contributed by atoms with E-state index in [1.807, 2.05) is 24.4 Å².